The Labute approximate surface area is 130 Å². The molecule has 1 fully saturated rings. The fourth-order valence-corrected chi connectivity index (χ4v) is 3.22. The molecule has 1 N–H and O–H groups in total. The van der Waals surface area contributed by atoms with E-state index in [0.717, 1.165) is 36.1 Å². The predicted molar refractivity (Wildman–Crippen MR) is 84.3 cm³/mol. The van der Waals surface area contributed by atoms with E-state index in [1.54, 1.807) is 11.3 Å². The lowest BCUT2D eigenvalue weighted by molar-refractivity contribution is -0.121. The van der Waals surface area contributed by atoms with Crippen molar-refractivity contribution >= 4 is 17.2 Å². The average Bonchev–Trinajstić information content (AvgIpc) is 3.11. The van der Waals surface area contributed by atoms with E-state index in [1.807, 2.05) is 0 Å². The van der Waals surface area contributed by atoms with Crippen LogP contribution in [-0.2, 0) is 17.8 Å². The van der Waals surface area contributed by atoms with Gasteiger partial charge in [0, 0.05) is 25.6 Å². The molecule has 0 aliphatic carbocycles. The van der Waals surface area contributed by atoms with Crippen molar-refractivity contribution in [3.8, 4) is 0 Å². The molecule has 1 aromatic rings. The molecule has 0 aromatic carbocycles. The molecule has 1 saturated heterocycles. The van der Waals surface area contributed by atoms with E-state index in [9.17, 15) is 4.79 Å². The highest BCUT2D eigenvalue weighted by molar-refractivity contribution is 7.11. The highest BCUT2D eigenvalue weighted by Gasteiger charge is 2.23. The van der Waals surface area contributed by atoms with Gasteiger partial charge in [0.05, 0.1) is 6.54 Å². The molecule has 2 heterocycles. The van der Waals surface area contributed by atoms with E-state index in [-0.39, 0.29) is 5.91 Å². The van der Waals surface area contributed by atoms with Crippen molar-refractivity contribution in [3.05, 3.63) is 10.0 Å². The van der Waals surface area contributed by atoms with Crippen molar-refractivity contribution < 1.29 is 4.79 Å². The fourth-order valence-electron chi connectivity index (χ4n) is 2.50. The summed E-state index contributed by atoms with van der Waals surface area (Å²) in [5.41, 5.74) is 0. The van der Waals surface area contributed by atoms with Crippen LogP contribution in [0.5, 0.6) is 0 Å². The van der Waals surface area contributed by atoms with Crippen LogP contribution >= 0.6 is 11.3 Å². The number of hydrogen-bond acceptors (Lipinski definition) is 6. The van der Waals surface area contributed by atoms with Crippen LogP contribution in [0, 0.1) is 0 Å². The Balaban J connectivity index is 1.65. The summed E-state index contributed by atoms with van der Waals surface area (Å²) in [5, 5.41) is 12.9. The third-order valence-corrected chi connectivity index (χ3v) is 5.00. The third kappa shape index (κ3) is 5.01. The fraction of sp³-hybridized carbons (Fsp3) is 0.786. The van der Waals surface area contributed by atoms with Gasteiger partial charge in [0.25, 0.3) is 0 Å². The highest BCUT2D eigenvalue weighted by atomic mass is 32.1. The summed E-state index contributed by atoms with van der Waals surface area (Å²) < 4.78 is 0. The molecule has 118 valence electrons. The van der Waals surface area contributed by atoms with Crippen LogP contribution in [0.15, 0.2) is 0 Å². The Kier molecular flexibility index (Phi) is 6.08. The van der Waals surface area contributed by atoms with Crippen molar-refractivity contribution in [2.45, 2.75) is 38.8 Å². The van der Waals surface area contributed by atoms with Gasteiger partial charge < -0.3 is 15.1 Å². The topological polar surface area (TPSA) is 61.4 Å². The SMILES string of the molecule is CCc1nnc(CNC(=O)CCN(C)[C@H]2CCN(C)C2)s1. The Hall–Kier alpha value is -1.05. The van der Waals surface area contributed by atoms with Crippen molar-refractivity contribution in [2.75, 3.05) is 33.7 Å². The van der Waals surface area contributed by atoms with Gasteiger partial charge in [-0.25, -0.2) is 0 Å². The van der Waals surface area contributed by atoms with E-state index >= 15 is 0 Å². The average molecular weight is 311 g/mol. The van der Waals surface area contributed by atoms with Crippen LogP contribution in [0.1, 0.15) is 29.8 Å². The van der Waals surface area contributed by atoms with Gasteiger partial charge in [-0.2, -0.15) is 0 Å². The molecule has 1 amide bonds. The molecule has 0 saturated carbocycles. The minimum absolute atomic E-state index is 0.0847. The summed E-state index contributed by atoms with van der Waals surface area (Å²) >= 11 is 1.57. The van der Waals surface area contributed by atoms with Crippen LogP contribution in [0.2, 0.25) is 0 Å². The molecule has 1 aliphatic heterocycles. The molecule has 1 aliphatic rings. The number of carbonyl (C=O) groups is 1. The lowest BCUT2D eigenvalue weighted by Crippen LogP contribution is -2.36. The number of rotatable bonds is 7. The summed E-state index contributed by atoms with van der Waals surface area (Å²) in [6.45, 7) is 5.60. The van der Waals surface area contributed by atoms with Crippen molar-refractivity contribution in [1.82, 2.24) is 25.3 Å². The largest absolute Gasteiger partial charge is 0.349 e. The van der Waals surface area contributed by atoms with Crippen LogP contribution in [0.4, 0.5) is 0 Å². The smallest absolute Gasteiger partial charge is 0.221 e. The van der Waals surface area contributed by atoms with Gasteiger partial charge in [-0.1, -0.05) is 18.3 Å². The number of aromatic nitrogens is 2. The number of likely N-dealkylation sites (tertiary alicyclic amines) is 1. The minimum atomic E-state index is 0.0847. The van der Waals surface area contributed by atoms with E-state index < -0.39 is 0 Å². The maximum absolute atomic E-state index is 11.9. The van der Waals surface area contributed by atoms with E-state index in [1.165, 1.54) is 6.42 Å². The van der Waals surface area contributed by atoms with Gasteiger partial charge in [-0.3, -0.25) is 4.79 Å². The second kappa shape index (κ2) is 7.82. The molecule has 21 heavy (non-hydrogen) atoms. The first-order chi connectivity index (χ1) is 10.1. The first-order valence-corrected chi connectivity index (χ1v) is 8.37. The second-order valence-electron chi connectivity index (χ2n) is 5.66. The first-order valence-electron chi connectivity index (χ1n) is 7.55. The number of likely N-dealkylation sites (N-methyl/N-ethyl adjacent to an activating group) is 2. The van der Waals surface area contributed by atoms with Gasteiger partial charge in [0.2, 0.25) is 5.91 Å². The minimum Gasteiger partial charge on any atom is -0.349 e. The van der Waals surface area contributed by atoms with Crippen molar-refractivity contribution in [3.63, 3.8) is 0 Å². The lowest BCUT2D eigenvalue weighted by Gasteiger charge is -2.23. The van der Waals surface area contributed by atoms with Gasteiger partial charge in [0.15, 0.2) is 0 Å². The molecule has 6 nitrogen and oxygen atoms in total. The third-order valence-electron chi connectivity index (χ3n) is 3.93. The van der Waals surface area contributed by atoms with Gasteiger partial charge in [-0.05, 0) is 33.5 Å². The van der Waals surface area contributed by atoms with Gasteiger partial charge in [-0.15, -0.1) is 10.2 Å². The molecule has 0 bridgehead atoms. The zero-order valence-corrected chi connectivity index (χ0v) is 13.9. The number of amides is 1. The monoisotopic (exact) mass is 311 g/mol. The molecule has 1 atom stereocenters. The number of nitrogens with zero attached hydrogens (tertiary/aromatic N) is 4. The number of aryl methyl sites for hydroxylation is 1. The summed E-state index contributed by atoms with van der Waals surface area (Å²) in [6.07, 6.45) is 2.63. The predicted octanol–water partition coefficient (Wildman–Crippen LogP) is 0.743. The summed E-state index contributed by atoms with van der Waals surface area (Å²) in [5.74, 6) is 0.0847. The quantitative estimate of drug-likeness (QED) is 0.805. The second-order valence-corrected chi connectivity index (χ2v) is 6.80. The lowest BCUT2D eigenvalue weighted by atomic mass is 10.2. The first kappa shape index (κ1) is 16.3. The molecule has 2 rings (SSSR count). The van der Waals surface area contributed by atoms with Gasteiger partial charge in [0.1, 0.15) is 10.0 Å². The summed E-state index contributed by atoms with van der Waals surface area (Å²) in [7, 11) is 4.25. The molecule has 1 aromatic heterocycles. The van der Waals surface area contributed by atoms with Crippen LogP contribution in [-0.4, -0.2) is 65.7 Å². The molecular weight excluding hydrogens is 286 g/mol. The normalized spacial score (nSPS) is 19.3. The molecular formula is C14H25N5OS. The van der Waals surface area contributed by atoms with Crippen molar-refractivity contribution in [1.29, 1.82) is 0 Å². The van der Waals surface area contributed by atoms with Crippen molar-refractivity contribution in [2.24, 2.45) is 0 Å². The Morgan fingerprint density at radius 3 is 2.86 bits per heavy atom. The number of hydrogen-bond donors (Lipinski definition) is 1. The standard InChI is InChI=1S/C14H25N5OS/c1-4-13-16-17-14(21-13)9-15-12(20)6-8-19(3)11-5-7-18(2)10-11/h11H,4-10H2,1-3H3,(H,15,20)/t11-/m0/s1. The maximum atomic E-state index is 11.9. The zero-order valence-electron chi connectivity index (χ0n) is 13.1. The number of nitrogens with one attached hydrogen (secondary N) is 1. The summed E-state index contributed by atoms with van der Waals surface area (Å²) in [4.78, 5) is 16.5. The molecule has 0 spiro atoms. The molecule has 0 radical (unpaired) electrons. The van der Waals surface area contributed by atoms with E-state index in [4.69, 9.17) is 0 Å². The molecule has 0 unspecified atom stereocenters. The Morgan fingerprint density at radius 1 is 1.48 bits per heavy atom. The van der Waals surface area contributed by atoms with Crippen LogP contribution in [0.25, 0.3) is 0 Å². The van der Waals surface area contributed by atoms with Gasteiger partial charge >= 0.3 is 0 Å². The Morgan fingerprint density at radius 2 is 2.24 bits per heavy atom. The van der Waals surface area contributed by atoms with E-state index in [2.05, 4.69) is 46.3 Å². The zero-order chi connectivity index (χ0) is 15.2. The number of carbonyl (C=O) groups excluding carboxylic acids is 1. The Bertz CT molecular complexity index is 464. The van der Waals surface area contributed by atoms with E-state index in [0.29, 0.717) is 19.0 Å². The van der Waals surface area contributed by atoms with Crippen LogP contribution < -0.4 is 5.32 Å². The highest BCUT2D eigenvalue weighted by Crippen LogP contribution is 2.12. The molecule has 7 heteroatoms. The van der Waals surface area contributed by atoms with Crippen LogP contribution in [0.3, 0.4) is 0 Å². The summed E-state index contributed by atoms with van der Waals surface area (Å²) in [6, 6.07) is 0.582. The maximum Gasteiger partial charge on any atom is 0.221 e.